The Bertz CT molecular complexity index is 402. The summed E-state index contributed by atoms with van der Waals surface area (Å²) in [6.45, 7) is 7.53. The number of aromatic nitrogens is 2. The molecule has 0 bridgehead atoms. The highest BCUT2D eigenvalue weighted by Crippen LogP contribution is 2.18. The molecular weight excluding hydrogens is 240 g/mol. The summed E-state index contributed by atoms with van der Waals surface area (Å²) in [5.41, 5.74) is 3.54. The first kappa shape index (κ1) is 14.0. The van der Waals surface area contributed by atoms with Gasteiger partial charge in [-0.2, -0.15) is 0 Å². The fraction of sp³-hybridized carbons (Fsp3) is 0.692. The van der Waals surface area contributed by atoms with E-state index in [1.54, 1.807) is 0 Å². The molecule has 1 fully saturated rings. The lowest BCUT2D eigenvalue weighted by Gasteiger charge is -2.32. The summed E-state index contributed by atoms with van der Waals surface area (Å²) in [6.07, 6.45) is 5.53. The molecule has 1 aromatic heterocycles. The topological polar surface area (TPSA) is 79.1 Å². The highest BCUT2D eigenvalue weighted by molar-refractivity contribution is 5.55. The minimum absolute atomic E-state index is 0.518. The number of nitrogens with one attached hydrogen (secondary N) is 2. The van der Waals surface area contributed by atoms with Gasteiger partial charge in [0.1, 0.15) is 18.0 Å². The number of piperidine rings is 1. The van der Waals surface area contributed by atoms with Crippen LogP contribution in [-0.4, -0.2) is 40.5 Å². The predicted molar refractivity (Wildman–Crippen MR) is 78.0 cm³/mol. The Balaban J connectivity index is 1.91. The summed E-state index contributed by atoms with van der Waals surface area (Å²) < 4.78 is 0. The van der Waals surface area contributed by atoms with Crippen molar-refractivity contribution in [3.8, 4) is 0 Å². The first-order valence-electron chi connectivity index (χ1n) is 6.98. The summed E-state index contributed by atoms with van der Waals surface area (Å²) >= 11 is 0. The molecule has 106 valence electrons. The molecule has 1 aliphatic heterocycles. The quantitative estimate of drug-likeness (QED) is 0.550. The maximum absolute atomic E-state index is 5.42. The lowest BCUT2D eigenvalue weighted by atomic mass is 10.1. The van der Waals surface area contributed by atoms with Crippen molar-refractivity contribution >= 4 is 11.6 Å². The molecule has 0 saturated carbocycles. The van der Waals surface area contributed by atoms with Gasteiger partial charge in [-0.3, -0.25) is 4.90 Å². The number of anilines is 2. The molecule has 6 nitrogen and oxygen atoms in total. The maximum atomic E-state index is 5.42. The van der Waals surface area contributed by atoms with Gasteiger partial charge in [0.15, 0.2) is 0 Å². The zero-order valence-corrected chi connectivity index (χ0v) is 11.8. The number of nitrogens with zero attached hydrogens (tertiary/aromatic N) is 3. The fourth-order valence-electron chi connectivity index (χ4n) is 2.51. The second kappa shape index (κ2) is 6.68. The van der Waals surface area contributed by atoms with Crippen molar-refractivity contribution < 1.29 is 0 Å². The molecule has 1 aromatic rings. The van der Waals surface area contributed by atoms with Crippen molar-refractivity contribution in [2.45, 2.75) is 39.2 Å². The van der Waals surface area contributed by atoms with Crippen LogP contribution in [-0.2, 0) is 0 Å². The lowest BCUT2D eigenvalue weighted by Crippen LogP contribution is -2.41. The second-order valence-electron chi connectivity index (χ2n) is 5.17. The fourth-order valence-corrected chi connectivity index (χ4v) is 2.51. The summed E-state index contributed by atoms with van der Waals surface area (Å²) in [5, 5.41) is 3.40. The van der Waals surface area contributed by atoms with E-state index in [0.717, 1.165) is 17.9 Å². The van der Waals surface area contributed by atoms with Crippen molar-refractivity contribution in [1.82, 2.24) is 14.9 Å². The molecule has 1 aliphatic rings. The zero-order chi connectivity index (χ0) is 13.7. The molecule has 0 amide bonds. The first-order chi connectivity index (χ1) is 9.22. The van der Waals surface area contributed by atoms with Gasteiger partial charge in [0.25, 0.3) is 0 Å². The molecule has 1 atom stereocenters. The van der Waals surface area contributed by atoms with Gasteiger partial charge in [0, 0.05) is 18.2 Å². The monoisotopic (exact) mass is 264 g/mol. The van der Waals surface area contributed by atoms with Crippen LogP contribution in [0.5, 0.6) is 0 Å². The molecule has 19 heavy (non-hydrogen) atoms. The minimum Gasteiger partial charge on any atom is -0.368 e. The highest BCUT2D eigenvalue weighted by Gasteiger charge is 2.16. The summed E-state index contributed by atoms with van der Waals surface area (Å²) in [6, 6.07) is 0.518. The Morgan fingerprint density at radius 2 is 1.95 bits per heavy atom. The van der Waals surface area contributed by atoms with E-state index in [9.17, 15) is 0 Å². The van der Waals surface area contributed by atoms with Crippen LogP contribution in [0.4, 0.5) is 11.6 Å². The van der Waals surface area contributed by atoms with Crippen LogP contribution in [0.15, 0.2) is 6.33 Å². The third-order valence-corrected chi connectivity index (χ3v) is 3.80. The Morgan fingerprint density at radius 3 is 2.63 bits per heavy atom. The van der Waals surface area contributed by atoms with E-state index < -0.39 is 0 Å². The van der Waals surface area contributed by atoms with Gasteiger partial charge < -0.3 is 10.7 Å². The normalized spacial score (nSPS) is 18.1. The SMILES string of the molecule is Cc1c(NN)ncnc1NCC(C)N1CCCCC1. The molecule has 0 aromatic carbocycles. The van der Waals surface area contributed by atoms with Gasteiger partial charge in [-0.05, 0) is 39.8 Å². The Morgan fingerprint density at radius 1 is 1.26 bits per heavy atom. The second-order valence-corrected chi connectivity index (χ2v) is 5.17. The Hall–Kier alpha value is -1.40. The molecule has 2 heterocycles. The van der Waals surface area contributed by atoms with E-state index in [1.807, 2.05) is 6.92 Å². The molecule has 4 N–H and O–H groups in total. The first-order valence-corrected chi connectivity index (χ1v) is 6.98. The number of nitrogens with two attached hydrogens (primary N) is 1. The standard InChI is InChI=1S/C13H24N6/c1-10(19-6-4-3-5-7-19)8-15-12-11(2)13(18-14)17-9-16-12/h9-10H,3-8,14H2,1-2H3,(H2,15,16,17,18). The molecule has 1 unspecified atom stereocenters. The largest absolute Gasteiger partial charge is 0.368 e. The van der Waals surface area contributed by atoms with E-state index in [1.165, 1.54) is 38.7 Å². The van der Waals surface area contributed by atoms with E-state index >= 15 is 0 Å². The third-order valence-electron chi connectivity index (χ3n) is 3.80. The zero-order valence-electron chi connectivity index (χ0n) is 11.8. The number of nitrogen functional groups attached to an aromatic ring is 1. The molecule has 0 spiro atoms. The van der Waals surface area contributed by atoms with E-state index in [0.29, 0.717) is 11.9 Å². The van der Waals surface area contributed by atoms with Gasteiger partial charge in [-0.1, -0.05) is 6.42 Å². The van der Waals surface area contributed by atoms with Gasteiger partial charge in [0.05, 0.1) is 0 Å². The summed E-state index contributed by atoms with van der Waals surface area (Å²) in [7, 11) is 0. The Labute approximate surface area is 114 Å². The lowest BCUT2D eigenvalue weighted by molar-refractivity contribution is 0.180. The average molecular weight is 264 g/mol. The van der Waals surface area contributed by atoms with Gasteiger partial charge in [-0.15, -0.1) is 0 Å². The molecule has 0 radical (unpaired) electrons. The molecule has 1 saturated heterocycles. The minimum atomic E-state index is 0.518. The molecule has 0 aliphatic carbocycles. The van der Waals surface area contributed by atoms with Crippen LogP contribution in [0.25, 0.3) is 0 Å². The molecule has 2 rings (SSSR count). The number of hydrogen-bond donors (Lipinski definition) is 3. The Kier molecular flexibility index (Phi) is 4.93. The van der Waals surface area contributed by atoms with Gasteiger partial charge >= 0.3 is 0 Å². The molecular formula is C13H24N6. The van der Waals surface area contributed by atoms with Crippen LogP contribution < -0.4 is 16.6 Å². The highest BCUT2D eigenvalue weighted by atomic mass is 15.3. The van der Waals surface area contributed by atoms with Crippen molar-refractivity contribution in [1.29, 1.82) is 0 Å². The van der Waals surface area contributed by atoms with Crippen molar-refractivity contribution in [3.63, 3.8) is 0 Å². The van der Waals surface area contributed by atoms with Gasteiger partial charge in [0.2, 0.25) is 0 Å². The van der Waals surface area contributed by atoms with Crippen molar-refractivity contribution in [2.24, 2.45) is 5.84 Å². The smallest absolute Gasteiger partial charge is 0.148 e. The molecule has 6 heteroatoms. The number of rotatable bonds is 5. The number of hydrazine groups is 1. The van der Waals surface area contributed by atoms with Crippen LogP contribution in [0.1, 0.15) is 31.7 Å². The van der Waals surface area contributed by atoms with Crippen molar-refractivity contribution in [3.05, 3.63) is 11.9 Å². The maximum Gasteiger partial charge on any atom is 0.148 e. The third kappa shape index (κ3) is 3.54. The van der Waals surface area contributed by atoms with Crippen LogP contribution in [0, 0.1) is 6.92 Å². The van der Waals surface area contributed by atoms with Crippen LogP contribution in [0.3, 0.4) is 0 Å². The number of hydrogen-bond acceptors (Lipinski definition) is 6. The van der Waals surface area contributed by atoms with Crippen molar-refractivity contribution in [2.75, 3.05) is 30.4 Å². The van der Waals surface area contributed by atoms with E-state index in [-0.39, 0.29) is 0 Å². The summed E-state index contributed by atoms with van der Waals surface area (Å²) in [5.74, 6) is 6.94. The number of likely N-dealkylation sites (tertiary alicyclic amines) is 1. The predicted octanol–water partition coefficient (Wildman–Crippen LogP) is 1.36. The van der Waals surface area contributed by atoms with Crippen LogP contribution in [0.2, 0.25) is 0 Å². The van der Waals surface area contributed by atoms with E-state index in [4.69, 9.17) is 5.84 Å². The van der Waals surface area contributed by atoms with Gasteiger partial charge in [-0.25, -0.2) is 15.8 Å². The van der Waals surface area contributed by atoms with E-state index in [2.05, 4.69) is 32.5 Å². The van der Waals surface area contributed by atoms with Crippen LogP contribution >= 0.6 is 0 Å². The summed E-state index contributed by atoms with van der Waals surface area (Å²) in [4.78, 5) is 10.9. The average Bonchev–Trinajstić information content (AvgIpc) is 2.47.